The number of hydrazine groups is 1. The number of benzene rings is 2. The van der Waals surface area contributed by atoms with Gasteiger partial charge in [0.25, 0.3) is 5.91 Å². The van der Waals surface area contributed by atoms with Crippen molar-refractivity contribution in [3.63, 3.8) is 0 Å². The summed E-state index contributed by atoms with van der Waals surface area (Å²) in [5.41, 5.74) is 7.52. The first kappa shape index (κ1) is 19.0. The van der Waals surface area contributed by atoms with Crippen molar-refractivity contribution in [1.29, 1.82) is 0 Å². The number of rotatable bonds is 4. The smallest absolute Gasteiger partial charge is 0.339 e. The Kier molecular flexibility index (Phi) is 5.64. The number of carbonyl (C=O) groups excluding carboxylic acids is 3. The van der Waals surface area contributed by atoms with Crippen molar-refractivity contribution in [2.45, 2.75) is 13.8 Å². The minimum atomic E-state index is -0.636. The van der Waals surface area contributed by atoms with Crippen LogP contribution in [0.15, 0.2) is 54.6 Å². The van der Waals surface area contributed by atoms with E-state index in [1.165, 1.54) is 6.92 Å². The molecule has 142 valence electrons. The SMILES string of the molecule is CC(=O)NNC(=O)COC(=O)c1c(C)c(-c2ccccc2)nc2ccccc12. The van der Waals surface area contributed by atoms with Crippen LogP contribution in [-0.4, -0.2) is 29.4 Å². The monoisotopic (exact) mass is 377 g/mol. The van der Waals surface area contributed by atoms with Gasteiger partial charge >= 0.3 is 5.97 Å². The minimum Gasteiger partial charge on any atom is -0.452 e. The Labute approximate surface area is 161 Å². The number of esters is 1. The summed E-state index contributed by atoms with van der Waals surface area (Å²) in [7, 11) is 0. The van der Waals surface area contributed by atoms with Gasteiger partial charge in [-0.2, -0.15) is 0 Å². The Morgan fingerprint density at radius 3 is 2.36 bits per heavy atom. The van der Waals surface area contributed by atoms with Crippen molar-refractivity contribution >= 4 is 28.7 Å². The fourth-order valence-corrected chi connectivity index (χ4v) is 2.84. The van der Waals surface area contributed by atoms with Gasteiger partial charge in [-0.25, -0.2) is 9.78 Å². The molecule has 2 aromatic carbocycles. The molecule has 1 heterocycles. The van der Waals surface area contributed by atoms with E-state index in [1.807, 2.05) is 48.5 Å². The average Bonchev–Trinajstić information content (AvgIpc) is 2.70. The van der Waals surface area contributed by atoms with E-state index in [4.69, 9.17) is 9.72 Å². The lowest BCUT2D eigenvalue weighted by molar-refractivity contribution is -0.129. The Balaban J connectivity index is 1.95. The number of hydrogen-bond donors (Lipinski definition) is 2. The first-order chi connectivity index (χ1) is 13.5. The molecule has 0 atom stereocenters. The van der Waals surface area contributed by atoms with Crippen LogP contribution in [0.2, 0.25) is 0 Å². The Hall–Kier alpha value is -3.74. The highest BCUT2D eigenvalue weighted by Crippen LogP contribution is 2.30. The van der Waals surface area contributed by atoms with E-state index in [0.29, 0.717) is 27.7 Å². The van der Waals surface area contributed by atoms with Crippen molar-refractivity contribution in [1.82, 2.24) is 15.8 Å². The highest BCUT2D eigenvalue weighted by Gasteiger charge is 2.20. The third-order valence-electron chi connectivity index (χ3n) is 4.10. The summed E-state index contributed by atoms with van der Waals surface area (Å²) in [5, 5.41) is 0.645. The third-order valence-corrected chi connectivity index (χ3v) is 4.10. The Morgan fingerprint density at radius 2 is 1.64 bits per heavy atom. The van der Waals surface area contributed by atoms with Crippen LogP contribution >= 0.6 is 0 Å². The van der Waals surface area contributed by atoms with Gasteiger partial charge in [0.15, 0.2) is 6.61 Å². The number of fused-ring (bicyclic) bond motifs is 1. The molecule has 0 radical (unpaired) electrons. The zero-order valence-electron chi connectivity index (χ0n) is 15.5. The van der Waals surface area contributed by atoms with Crippen LogP contribution in [0.25, 0.3) is 22.2 Å². The summed E-state index contributed by atoms with van der Waals surface area (Å²) in [5.74, 6) is -1.70. The van der Waals surface area contributed by atoms with Crippen LogP contribution in [0, 0.1) is 6.92 Å². The average molecular weight is 377 g/mol. The molecule has 0 saturated carbocycles. The van der Waals surface area contributed by atoms with Gasteiger partial charge in [0.1, 0.15) is 0 Å². The van der Waals surface area contributed by atoms with Crippen LogP contribution in [0.3, 0.4) is 0 Å². The summed E-state index contributed by atoms with van der Waals surface area (Å²) in [6, 6.07) is 16.8. The lowest BCUT2D eigenvalue weighted by Crippen LogP contribution is -2.42. The molecule has 3 rings (SSSR count). The molecule has 0 aliphatic carbocycles. The number of nitrogens with zero attached hydrogens (tertiary/aromatic N) is 1. The molecule has 1 aromatic heterocycles. The predicted octanol–water partition coefficient (Wildman–Crippen LogP) is 2.53. The van der Waals surface area contributed by atoms with E-state index in [1.54, 1.807) is 13.0 Å². The van der Waals surface area contributed by atoms with E-state index in [9.17, 15) is 14.4 Å². The van der Waals surface area contributed by atoms with Gasteiger partial charge in [0.05, 0.1) is 16.8 Å². The zero-order chi connectivity index (χ0) is 20.1. The second kappa shape index (κ2) is 8.30. The Bertz CT molecular complexity index is 1050. The van der Waals surface area contributed by atoms with E-state index >= 15 is 0 Å². The number of nitrogens with one attached hydrogen (secondary N) is 2. The molecule has 0 spiro atoms. The topological polar surface area (TPSA) is 97.4 Å². The molecule has 2 N–H and O–H groups in total. The largest absolute Gasteiger partial charge is 0.452 e. The molecule has 28 heavy (non-hydrogen) atoms. The number of ether oxygens (including phenoxy) is 1. The summed E-state index contributed by atoms with van der Waals surface area (Å²) < 4.78 is 5.17. The summed E-state index contributed by atoms with van der Waals surface area (Å²) in [6.07, 6.45) is 0. The van der Waals surface area contributed by atoms with Crippen molar-refractivity contribution in [3.8, 4) is 11.3 Å². The normalized spacial score (nSPS) is 10.4. The highest BCUT2D eigenvalue weighted by molar-refractivity contribution is 6.06. The number of aromatic nitrogens is 1. The fraction of sp³-hybridized carbons (Fsp3) is 0.143. The number of amides is 2. The van der Waals surface area contributed by atoms with Crippen LogP contribution < -0.4 is 10.9 Å². The molecule has 0 saturated heterocycles. The van der Waals surface area contributed by atoms with Crippen LogP contribution in [0.5, 0.6) is 0 Å². The first-order valence-corrected chi connectivity index (χ1v) is 8.64. The van der Waals surface area contributed by atoms with E-state index in [2.05, 4.69) is 10.9 Å². The van der Waals surface area contributed by atoms with E-state index in [0.717, 1.165) is 5.56 Å². The lowest BCUT2D eigenvalue weighted by atomic mass is 9.98. The highest BCUT2D eigenvalue weighted by atomic mass is 16.5. The van der Waals surface area contributed by atoms with Crippen molar-refractivity contribution in [2.75, 3.05) is 6.61 Å². The first-order valence-electron chi connectivity index (χ1n) is 8.64. The molecule has 0 aliphatic heterocycles. The standard InChI is InChI=1S/C21H19N3O4/c1-13-19(21(27)28-12-18(26)24-23-14(2)25)16-10-6-7-11-17(16)22-20(13)15-8-4-3-5-9-15/h3-11H,12H2,1-2H3,(H,23,25)(H,24,26). The third kappa shape index (κ3) is 4.15. The summed E-state index contributed by atoms with van der Waals surface area (Å²) >= 11 is 0. The second-order valence-electron chi connectivity index (χ2n) is 6.15. The van der Waals surface area contributed by atoms with Gasteiger partial charge in [-0.3, -0.25) is 20.4 Å². The number of para-hydroxylation sites is 1. The van der Waals surface area contributed by atoms with Gasteiger partial charge in [0.2, 0.25) is 5.91 Å². The van der Waals surface area contributed by atoms with Crippen molar-refractivity contribution in [2.24, 2.45) is 0 Å². The lowest BCUT2D eigenvalue weighted by Gasteiger charge is -2.14. The summed E-state index contributed by atoms with van der Waals surface area (Å²) in [6.45, 7) is 2.54. The molecule has 3 aromatic rings. The second-order valence-corrected chi connectivity index (χ2v) is 6.15. The van der Waals surface area contributed by atoms with E-state index < -0.39 is 24.4 Å². The predicted molar refractivity (Wildman–Crippen MR) is 104 cm³/mol. The van der Waals surface area contributed by atoms with Gasteiger partial charge in [-0.05, 0) is 18.6 Å². The van der Waals surface area contributed by atoms with Crippen molar-refractivity contribution < 1.29 is 19.1 Å². The van der Waals surface area contributed by atoms with Crippen LogP contribution in [0.1, 0.15) is 22.8 Å². The molecule has 0 bridgehead atoms. The van der Waals surface area contributed by atoms with Gasteiger partial charge in [-0.15, -0.1) is 0 Å². The minimum absolute atomic E-state index is 0.358. The quantitative estimate of drug-likeness (QED) is 0.538. The fourth-order valence-electron chi connectivity index (χ4n) is 2.84. The maximum atomic E-state index is 12.8. The van der Waals surface area contributed by atoms with Crippen LogP contribution in [0.4, 0.5) is 0 Å². The molecule has 7 nitrogen and oxygen atoms in total. The van der Waals surface area contributed by atoms with Crippen molar-refractivity contribution in [3.05, 3.63) is 65.7 Å². The molecule has 7 heteroatoms. The molecule has 0 aliphatic rings. The van der Waals surface area contributed by atoms with Gasteiger partial charge in [-0.1, -0.05) is 48.5 Å². The number of hydrogen-bond acceptors (Lipinski definition) is 5. The van der Waals surface area contributed by atoms with Crippen LogP contribution in [-0.2, 0) is 14.3 Å². The Morgan fingerprint density at radius 1 is 0.964 bits per heavy atom. The molecule has 0 unspecified atom stereocenters. The molecular weight excluding hydrogens is 358 g/mol. The van der Waals surface area contributed by atoms with Gasteiger partial charge in [0, 0.05) is 17.9 Å². The molecular formula is C21H19N3O4. The maximum Gasteiger partial charge on any atom is 0.339 e. The molecule has 0 fully saturated rings. The maximum absolute atomic E-state index is 12.8. The number of carbonyl (C=O) groups is 3. The van der Waals surface area contributed by atoms with Gasteiger partial charge < -0.3 is 4.74 Å². The summed E-state index contributed by atoms with van der Waals surface area (Å²) in [4.78, 5) is 40.0. The molecule has 2 amide bonds. The zero-order valence-corrected chi connectivity index (χ0v) is 15.5. The number of pyridine rings is 1. The van der Waals surface area contributed by atoms with E-state index in [-0.39, 0.29) is 0 Å².